The number of amides is 1. The topological polar surface area (TPSA) is 41.1 Å². The Morgan fingerprint density at radius 3 is 2.30 bits per heavy atom. The number of hydrogen-bond donors (Lipinski definition) is 2. The van der Waals surface area contributed by atoms with Crippen LogP contribution in [0.2, 0.25) is 0 Å². The average molecular weight is 274 g/mol. The van der Waals surface area contributed by atoms with E-state index in [2.05, 4.69) is 36.6 Å². The molecular formula is C17H26N2O. The van der Waals surface area contributed by atoms with Crippen LogP contribution in [0.25, 0.3) is 0 Å². The molecule has 1 fully saturated rings. The molecule has 1 aromatic carbocycles. The Bertz CT molecular complexity index is 433. The van der Waals surface area contributed by atoms with E-state index in [1.165, 1.54) is 18.4 Å². The first kappa shape index (κ1) is 15.0. The van der Waals surface area contributed by atoms with Crippen molar-refractivity contribution in [1.82, 2.24) is 5.32 Å². The summed E-state index contributed by atoms with van der Waals surface area (Å²) in [6, 6.07) is 8.46. The Labute approximate surface area is 122 Å². The number of hydrogen-bond acceptors (Lipinski definition) is 2. The summed E-state index contributed by atoms with van der Waals surface area (Å²) in [5, 5.41) is 6.26. The number of carbonyl (C=O) groups excluding carboxylic acids is 1. The van der Waals surface area contributed by atoms with Crippen molar-refractivity contribution < 1.29 is 4.79 Å². The molecule has 0 bridgehead atoms. The number of rotatable bonds is 4. The summed E-state index contributed by atoms with van der Waals surface area (Å²) in [6.07, 6.45) is 4.41. The highest BCUT2D eigenvalue weighted by molar-refractivity contribution is 5.92. The molecule has 0 saturated heterocycles. The van der Waals surface area contributed by atoms with Crippen LogP contribution in [-0.4, -0.2) is 13.0 Å². The van der Waals surface area contributed by atoms with E-state index in [0.717, 1.165) is 24.4 Å². The van der Waals surface area contributed by atoms with Gasteiger partial charge in [0.05, 0.1) is 0 Å². The summed E-state index contributed by atoms with van der Waals surface area (Å²) in [6.45, 7) is 4.40. The number of nitrogens with one attached hydrogen (secondary N) is 2. The average Bonchev–Trinajstić information content (AvgIpc) is 2.48. The second kappa shape index (κ2) is 6.89. The first-order valence-electron chi connectivity index (χ1n) is 7.68. The Morgan fingerprint density at radius 1 is 1.15 bits per heavy atom. The van der Waals surface area contributed by atoms with Gasteiger partial charge in [0.15, 0.2) is 0 Å². The smallest absolute Gasteiger partial charge is 0.227 e. The standard InChI is InChI=1S/C17H26N2O/c1-12-4-6-15(7-5-12)17(20)19-16-10-8-14(9-11-16)13(2)18-3/h8-13,15,18H,4-7H2,1-3H3,(H,19,20). The van der Waals surface area contributed by atoms with Crippen molar-refractivity contribution in [2.24, 2.45) is 11.8 Å². The molecule has 1 atom stereocenters. The largest absolute Gasteiger partial charge is 0.326 e. The molecular weight excluding hydrogens is 248 g/mol. The van der Waals surface area contributed by atoms with Crippen molar-refractivity contribution in [3.8, 4) is 0 Å². The van der Waals surface area contributed by atoms with Crippen molar-refractivity contribution in [2.45, 2.75) is 45.6 Å². The molecule has 3 heteroatoms. The summed E-state index contributed by atoms with van der Waals surface area (Å²) in [5.41, 5.74) is 2.14. The molecule has 0 radical (unpaired) electrons. The van der Waals surface area contributed by atoms with Crippen LogP contribution in [0, 0.1) is 11.8 Å². The minimum atomic E-state index is 0.186. The molecule has 0 aliphatic heterocycles. The van der Waals surface area contributed by atoms with E-state index >= 15 is 0 Å². The second-order valence-electron chi connectivity index (χ2n) is 6.08. The molecule has 1 aliphatic carbocycles. The van der Waals surface area contributed by atoms with Gasteiger partial charge in [-0.25, -0.2) is 0 Å². The molecule has 0 spiro atoms. The molecule has 0 aromatic heterocycles. The highest BCUT2D eigenvalue weighted by Crippen LogP contribution is 2.29. The first-order valence-corrected chi connectivity index (χ1v) is 7.68. The molecule has 1 saturated carbocycles. The Kier molecular flexibility index (Phi) is 5.18. The normalized spacial score (nSPS) is 24.1. The van der Waals surface area contributed by atoms with Crippen LogP contribution in [0.4, 0.5) is 5.69 Å². The second-order valence-corrected chi connectivity index (χ2v) is 6.08. The van der Waals surface area contributed by atoms with Gasteiger partial charge in [-0.1, -0.05) is 19.1 Å². The van der Waals surface area contributed by atoms with Gasteiger partial charge in [-0.15, -0.1) is 0 Å². The van der Waals surface area contributed by atoms with Crippen LogP contribution < -0.4 is 10.6 Å². The summed E-state index contributed by atoms with van der Waals surface area (Å²) >= 11 is 0. The van der Waals surface area contributed by atoms with Crippen molar-refractivity contribution in [1.29, 1.82) is 0 Å². The lowest BCUT2D eigenvalue weighted by atomic mass is 9.82. The monoisotopic (exact) mass is 274 g/mol. The maximum atomic E-state index is 12.2. The molecule has 3 nitrogen and oxygen atoms in total. The molecule has 1 unspecified atom stereocenters. The first-order chi connectivity index (χ1) is 9.60. The fraction of sp³-hybridized carbons (Fsp3) is 0.588. The molecule has 20 heavy (non-hydrogen) atoms. The van der Waals surface area contributed by atoms with E-state index in [-0.39, 0.29) is 11.8 Å². The van der Waals surface area contributed by atoms with E-state index in [1.807, 2.05) is 19.2 Å². The Hall–Kier alpha value is -1.35. The highest BCUT2D eigenvalue weighted by Gasteiger charge is 2.24. The van der Waals surface area contributed by atoms with Gasteiger partial charge in [0.2, 0.25) is 5.91 Å². The molecule has 2 rings (SSSR count). The lowest BCUT2D eigenvalue weighted by Crippen LogP contribution is -2.26. The molecule has 0 heterocycles. The molecule has 1 aliphatic rings. The van der Waals surface area contributed by atoms with Crippen LogP contribution in [0.1, 0.15) is 51.1 Å². The summed E-state index contributed by atoms with van der Waals surface area (Å²) in [4.78, 5) is 12.2. The van der Waals surface area contributed by atoms with Crippen LogP contribution >= 0.6 is 0 Å². The lowest BCUT2D eigenvalue weighted by Gasteiger charge is -2.25. The van der Waals surface area contributed by atoms with Gasteiger partial charge >= 0.3 is 0 Å². The lowest BCUT2D eigenvalue weighted by molar-refractivity contribution is -0.121. The fourth-order valence-electron chi connectivity index (χ4n) is 2.79. The van der Waals surface area contributed by atoms with Crippen LogP contribution in [-0.2, 0) is 4.79 Å². The third kappa shape index (κ3) is 3.83. The third-order valence-electron chi connectivity index (χ3n) is 4.50. The quantitative estimate of drug-likeness (QED) is 0.878. The maximum absolute atomic E-state index is 12.2. The summed E-state index contributed by atoms with van der Waals surface area (Å²) in [5.74, 6) is 1.16. The minimum absolute atomic E-state index is 0.186. The van der Waals surface area contributed by atoms with E-state index < -0.39 is 0 Å². The van der Waals surface area contributed by atoms with Gasteiger partial charge in [-0.3, -0.25) is 4.79 Å². The van der Waals surface area contributed by atoms with Crippen molar-refractivity contribution in [3.63, 3.8) is 0 Å². The molecule has 1 amide bonds. The van der Waals surface area contributed by atoms with Crippen molar-refractivity contribution >= 4 is 11.6 Å². The van der Waals surface area contributed by atoms with Gasteiger partial charge in [-0.2, -0.15) is 0 Å². The van der Waals surface area contributed by atoms with Gasteiger partial charge in [0.25, 0.3) is 0 Å². The molecule has 110 valence electrons. The van der Waals surface area contributed by atoms with E-state index in [1.54, 1.807) is 0 Å². The van der Waals surface area contributed by atoms with Crippen LogP contribution in [0.3, 0.4) is 0 Å². The zero-order valence-corrected chi connectivity index (χ0v) is 12.8. The van der Waals surface area contributed by atoms with E-state index in [0.29, 0.717) is 6.04 Å². The number of anilines is 1. The fourth-order valence-corrected chi connectivity index (χ4v) is 2.79. The predicted octanol–water partition coefficient (Wildman–Crippen LogP) is 3.73. The Morgan fingerprint density at radius 2 is 1.75 bits per heavy atom. The van der Waals surface area contributed by atoms with Crippen LogP contribution in [0.5, 0.6) is 0 Å². The van der Waals surface area contributed by atoms with Crippen LogP contribution in [0.15, 0.2) is 24.3 Å². The SMILES string of the molecule is CNC(C)c1ccc(NC(=O)C2CCC(C)CC2)cc1. The molecule has 1 aromatic rings. The Balaban J connectivity index is 1.91. The highest BCUT2D eigenvalue weighted by atomic mass is 16.1. The van der Waals surface area contributed by atoms with Gasteiger partial charge in [-0.05, 0) is 63.3 Å². The predicted molar refractivity (Wildman–Crippen MR) is 83.7 cm³/mol. The zero-order valence-electron chi connectivity index (χ0n) is 12.8. The van der Waals surface area contributed by atoms with Gasteiger partial charge in [0.1, 0.15) is 0 Å². The minimum Gasteiger partial charge on any atom is -0.326 e. The van der Waals surface area contributed by atoms with Crippen molar-refractivity contribution in [3.05, 3.63) is 29.8 Å². The number of benzene rings is 1. The van der Waals surface area contributed by atoms with E-state index in [9.17, 15) is 4.79 Å². The van der Waals surface area contributed by atoms with Crippen molar-refractivity contribution in [2.75, 3.05) is 12.4 Å². The zero-order chi connectivity index (χ0) is 14.5. The van der Waals surface area contributed by atoms with Gasteiger partial charge < -0.3 is 10.6 Å². The number of carbonyl (C=O) groups is 1. The van der Waals surface area contributed by atoms with Gasteiger partial charge in [0, 0.05) is 17.6 Å². The summed E-state index contributed by atoms with van der Waals surface area (Å²) < 4.78 is 0. The maximum Gasteiger partial charge on any atom is 0.227 e. The summed E-state index contributed by atoms with van der Waals surface area (Å²) in [7, 11) is 1.95. The third-order valence-corrected chi connectivity index (χ3v) is 4.50. The van der Waals surface area contributed by atoms with E-state index in [4.69, 9.17) is 0 Å². The molecule has 2 N–H and O–H groups in total.